The van der Waals surface area contributed by atoms with Gasteiger partial charge in [0.15, 0.2) is 17.3 Å². The molecule has 6 rings (SSSR count). The second kappa shape index (κ2) is 10.6. The van der Waals surface area contributed by atoms with E-state index in [4.69, 9.17) is 0 Å². The number of halogens is 1. The van der Waals surface area contributed by atoms with Crippen LogP contribution in [0.25, 0.3) is 0 Å². The summed E-state index contributed by atoms with van der Waals surface area (Å²) in [4.78, 5) is 79.2. The smallest absolute Gasteiger partial charge is 0.301 e. The van der Waals surface area contributed by atoms with Crippen LogP contribution < -0.4 is 9.80 Å². The topological polar surface area (TPSA) is 181 Å². The lowest BCUT2D eigenvalue weighted by atomic mass is 9.59. The largest absolute Gasteiger partial charge is 0.507 e. The summed E-state index contributed by atoms with van der Waals surface area (Å²) in [6, 6.07) is 7.01. The van der Waals surface area contributed by atoms with Gasteiger partial charge in [0.2, 0.25) is 11.8 Å². The Morgan fingerprint density at radius 3 is 2.24 bits per heavy atom. The molecule has 2 aromatic carbocycles. The van der Waals surface area contributed by atoms with Gasteiger partial charge in [-0.05, 0) is 47.2 Å². The van der Waals surface area contributed by atoms with Gasteiger partial charge < -0.3 is 10.0 Å². The van der Waals surface area contributed by atoms with E-state index < -0.39 is 68.3 Å². The van der Waals surface area contributed by atoms with Gasteiger partial charge in [0.25, 0.3) is 0 Å². The lowest BCUT2D eigenvalue weighted by Gasteiger charge is -2.42. The monoisotopic (exact) mass is 676 g/mol. The number of nitro groups is 2. The minimum atomic E-state index is -1.03. The molecule has 1 fully saturated rings. The van der Waals surface area contributed by atoms with Gasteiger partial charge in [0.1, 0.15) is 5.75 Å². The van der Waals surface area contributed by atoms with E-state index in [0.29, 0.717) is 16.7 Å². The predicted molar refractivity (Wildman–Crippen MR) is 164 cm³/mol. The molecule has 4 aliphatic rings. The minimum Gasteiger partial charge on any atom is -0.507 e. The number of aryl methyl sites for hydroxylation is 1. The van der Waals surface area contributed by atoms with Gasteiger partial charge in [-0.15, -0.1) is 0 Å². The van der Waals surface area contributed by atoms with Crippen molar-refractivity contribution in [2.45, 2.75) is 25.7 Å². The van der Waals surface area contributed by atoms with Crippen molar-refractivity contribution in [3.63, 3.8) is 0 Å². The number of para-hydroxylation sites is 1. The van der Waals surface area contributed by atoms with Gasteiger partial charge in [-0.1, -0.05) is 29.8 Å². The number of benzene rings is 2. The van der Waals surface area contributed by atoms with Crippen LogP contribution in [0.4, 0.5) is 22.7 Å². The van der Waals surface area contributed by atoms with Crippen molar-refractivity contribution in [3.8, 4) is 5.75 Å². The van der Waals surface area contributed by atoms with Gasteiger partial charge in [-0.2, -0.15) is 0 Å². The summed E-state index contributed by atoms with van der Waals surface area (Å²) in [7, 11) is 2.81. The number of phenols is 1. The molecule has 0 saturated carbocycles. The molecule has 1 N–H and O–H groups in total. The Morgan fingerprint density at radius 1 is 1.00 bits per heavy atom. The van der Waals surface area contributed by atoms with E-state index in [1.54, 1.807) is 31.2 Å². The number of hydrogen-bond donors (Lipinski definition) is 1. The fraction of sp³-hybridized carbons (Fsp3) is 0.290. The molecule has 1 aliphatic heterocycles. The number of imide groups is 1. The van der Waals surface area contributed by atoms with Crippen molar-refractivity contribution >= 4 is 62.1 Å². The molecule has 230 valence electrons. The fourth-order valence-corrected chi connectivity index (χ4v) is 7.63. The minimum absolute atomic E-state index is 0.0361. The Balaban J connectivity index is 1.50. The lowest BCUT2D eigenvalue weighted by Crippen LogP contribution is -2.39. The lowest BCUT2D eigenvalue weighted by molar-refractivity contribution is -0.392. The van der Waals surface area contributed by atoms with Gasteiger partial charge in [-0.25, -0.2) is 4.90 Å². The molecule has 14 heteroatoms. The molecule has 2 aromatic rings. The molecule has 0 bridgehead atoms. The highest BCUT2D eigenvalue weighted by Gasteiger charge is 2.57. The number of hydrogen-bond acceptors (Lipinski definition) is 10. The predicted octanol–water partition coefficient (Wildman–Crippen LogP) is 4.55. The highest BCUT2D eigenvalue weighted by Crippen LogP contribution is 2.57. The van der Waals surface area contributed by atoms with Crippen LogP contribution in [0.2, 0.25) is 0 Å². The van der Waals surface area contributed by atoms with E-state index in [1.165, 1.54) is 25.1 Å². The first-order valence-corrected chi connectivity index (χ1v) is 14.7. The van der Waals surface area contributed by atoms with Crippen molar-refractivity contribution in [3.05, 3.63) is 95.0 Å². The fourth-order valence-electron chi connectivity index (χ4n) is 7.19. The number of ketones is 2. The quantitative estimate of drug-likeness (QED) is 0.155. The molecule has 1 heterocycles. The van der Waals surface area contributed by atoms with Gasteiger partial charge in [0, 0.05) is 54.9 Å². The number of carbonyl (C=O) groups is 4. The number of Topliss-reactive ketones (excluding diaryl/α,β-unsaturated/α-hetero) is 1. The molecule has 0 unspecified atom stereocenters. The summed E-state index contributed by atoms with van der Waals surface area (Å²) in [5.41, 5.74) is -0.000534. The van der Waals surface area contributed by atoms with E-state index in [1.807, 2.05) is 0 Å². The number of rotatable bonds is 5. The molecule has 1 saturated heterocycles. The summed E-state index contributed by atoms with van der Waals surface area (Å²) < 4.78 is 0.0503. The second-order valence-corrected chi connectivity index (χ2v) is 12.5. The van der Waals surface area contributed by atoms with Crippen LogP contribution in [0.1, 0.15) is 29.9 Å². The number of anilines is 2. The van der Waals surface area contributed by atoms with E-state index in [2.05, 4.69) is 15.9 Å². The standard InChI is InChI=1S/C31H25BrN4O9/c1-13-5-4-6-16(28(13)38)24-15-7-8-17-25(18(15)11-19-26(24)23(37)12-20(32)29(19)39)31(41)34(30(17)40)14-9-21(35(42)43)27(33(2)3)22(10-14)36(44)45/h4-7,9-10,12,17-18,24-25,38H,8,11H2,1-3H3/t17-,18+,24+,25-/m0/s1. The summed E-state index contributed by atoms with van der Waals surface area (Å²) in [6.45, 7) is 1.70. The van der Waals surface area contributed by atoms with Crippen LogP contribution in [0.15, 0.2) is 63.7 Å². The molecule has 3 aliphatic carbocycles. The van der Waals surface area contributed by atoms with E-state index in [0.717, 1.165) is 17.0 Å². The van der Waals surface area contributed by atoms with Crippen LogP contribution in [-0.2, 0) is 19.2 Å². The molecule has 4 atom stereocenters. The number of carbonyl (C=O) groups excluding carboxylic acids is 4. The number of phenolic OH excluding ortho intramolecular Hbond substituents is 1. The first kappa shape index (κ1) is 30.1. The van der Waals surface area contributed by atoms with Crippen LogP contribution in [0.3, 0.4) is 0 Å². The van der Waals surface area contributed by atoms with Crippen LogP contribution in [-0.4, -0.2) is 52.4 Å². The van der Waals surface area contributed by atoms with E-state index in [-0.39, 0.29) is 45.6 Å². The maximum Gasteiger partial charge on any atom is 0.301 e. The highest BCUT2D eigenvalue weighted by molar-refractivity contribution is 9.12. The van der Waals surface area contributed by atoms with Crippen molar-refractivity contribution in [1.29, 1.82) is 0 Å². The summed E-state index contributed by atoms with van der Waals surface area (Å²) in [5, 5.41) is 35.0. The van der Waals surface area contributed by atoms with Gasteiger partial charge >= 0.3 is 11.4 Å². The summed E-state index contributed by atoms with van der Waals surface area (Å²) in [6.07, 6.45) is 3.00. The average molecular weight is 677 g/mol. The molecular formula is C31H25BrN4O9. The number of amides is 2. The maximum absolute atomic E-state index is 14.2. The second-order valence-electron chi connectivity index (χ2n) is 11.7. The molecule has 0 radical (unpaired) electrons. The Hall–Kier alpha value is -4.98. The molecule has 0 spiro atoms. The highest BCUT2D eigenvalue weighted by atomic mass is 79.9. The SMILES string of the molecule is Cc1cccc([C@H]2C3=CC[C@@H]4C(=O)N(c5cc([N+](=O)[O-])c(N(C)C)c([N+](=O)[O-])c5)C(=O)[C@@H]4[C@@H]3CC3=C2C(=O)C=C(Br)C3=O)c1O. The molecule has 45 heavy (non-hydrogen) atoms. The third-order valence-corrected chi connectivity index (χ3v) is 9.65. The number of aromatic hydroxyl groups is 1. The normalized spacial score (nSPS) is 24.1. The van der Waals surface area contributed by atoms with Crippen LogP contribution in [0.5, 0.6) is 5.75 Å². The zero-order valence-corrected chi connectivity index (χ0v) is 25.7. The van der Waals surface area contributed by atoms with Crippen molar-refractivity contribution < 1.29 is 34.1 Å². The number of nitrogens with zero attached hydrogens (tertiary/aromatic N) is 4. The first-order valence-electron chi connectivity index (χ1n) is 13.9. The summed E-state index contributed by atoms with van der Waals surface area (Å²) in [5.74, 6) is -5.88. The number of nitro benzene ring substituents is 2. The molecule has 13 nitrogen and oxygen atoms in total. The number of fused-ring (bicyclic) bond motifs is 3. The van der Waals surface area contributed by atoms with Crippen molar-refractivity contribution in [2.24, 2.45) is 17.8 Å². The van der Waals surface area contributed by atoms with E-state index in [9.17, 15) is 44.5 Å². The zero-order valence-electron chi connectivity index (χ0n) is 24.1. The Kier molecular flexibility index (Phi) is 7.07. The Morgan fingerprint density at radius 2 is 1.64 bits per heavy atom. The molecule has 2 amide bonds. The Labute approximate surface area is 263 Å². The van der Waals surface area contributed by atoms with Gasteiger partial charge in [0.05, 0.1) is 31.9 Å². The summed E-state index contributed by atoms with van der Waals surface area (Å²) >= 11 is 3.17. The third-order valence-electron chi connectivity index (χ3n) is 9.06. The van der Waals surface area contributed by atoms with Crippen LogP contribution >= 0.6 is 15.9 Å². The van der Waals surface area contributed by atoms with Crippen molar-refractivity contribution in [2.75, 3.05) is 23.9 Å². The molecule has 0 aromatic heterocycles. The zero-order chi connectivity index (χ0) is 32.6. The maximum atomic E-state index is 14.2. The van der Waals surface area contributed by atoms with Crippen LogP contribution in [0, 0.1) is 44.9 Å². The van der Waals surface area contributed by atoms with Crippen molar-refractivity contribution in [1.82, 2.24) is 0 Å². The molecular weight excluding hydrogens is 652 g/mol. The third kappa shape index (κ3) is 4.42. The Bertz CT molecular complexity index is 1860. The van der Waals surface area contributed by atoms with Gasteiger partial charge in [-0.3, -0.25) is 39.4 Å². The first-order chi connectivity index (χ1) is 21.2. The average Bonchev–Trinajstić information content (AvgIpc) is 3.24. The number of allylic oxidation sites excluding steroid dienone is 6. The van der Waals surface area contributed by atoms with E-state index >= 15 is 0 Å².